The van der Waals surface area contributed by atoms with Crippen molar-refractivity contribution < 1.29 is 9.59 Å². The van der Waals surface area contributed by atoms with Crippen molar-refractivity contribution in [1.29, 1.82) is 0 Å². The highest BCUT2D eigenvalue weighted by Crippen LogP contribution is 2.30. The van der Waals surface area contributed by atoms with Crippen molar-refractivity contribution in [3.8, 4) is 0 Å². The van der Waals surface area contributed by atoms with Crippen LogP contribution in [-0.2, 0) is 9.59 Å². The van der Waals surface area contributed by atoms with Crippen LogP contribution in [0.5, 0.6) is 0 Å². The number of benzene rings is 1. The lowest BCUT2D eigenvalue weighted by molar-refractivity contribution is -0.118. The summed E-state index contributed by atoms with van der Waals surface area (Å²) in [4.78, 5) is 23.7. The summed E-state index contributed by atoms with van der Waals surface area (Å²) in [6.07, 6.45) is 2.57. The van der Waals surface area contributed by atoms with Gasteiger partial charge >= 0.3 is 0 Å². The summed E-state index contributed by atoms with van der Waals surface area (Å²) in [7, 11) is 0. The van der Waals surface area contributed by atoms with Gasteiger partial charge in [-0.25, -0.2) is 0 Å². The summed E-state index contributed by atoms with van der Waals surface area (Å²) in [6.45, 7) is 4.06. The van der Waals surface area contributed by atoms with Crippen LogP contribution < -0.4 is 16.4 Å². The SMILES string of the molecule is CC(C)C[C@H](N)C(=O)Nc1cccc(NC(=O)C2CC2)c1. The molecule has 1 aromatic rings. The number of hydrogen-bond acceptors (Lipinski definition) is 3. The molecule has 1 aliphatic rings. The minimum Gasteiger partial charge on any atom is -0.326 e. The van der Waals surface area contributed by atoms with Gasteiger partial charge in [0.15, 0.2) is 0 Å². The Labute approximate surface area is 125 Å². The third-order valence-electron chi connectivity index (χ3n) is 3.41. The largest absolute Gasteiger partial charge is 0.326 e. The number of carbonyl (C=O) groups is 2. The van der Waals surface area contributed by atoms with Crippen LogP contribution in [0.4, 0.5) is 11.4 Å². The summed E-state index contributed by atoms with van der Waals surface area (Å²) in [6, 6.07) is 6.62. The van der Waals surface area contributed by atoms with E-state index in [4.69, 9.17) is 5.73 Å². The van der Waals surface area contributed by atoms with Crippen molar-refractivity contribution in [1.82, 2.24) is 0 Å². The predicted molar refractivity (Wildman–Crippen MR) is 83.9 cm³/mol. The fraction of sp³-hybridized carbons (Fsp3) is 0.500. The van der Waals surface area contributed by atoms with Gasteiger partial charge in [0, 0.05) is 17.3 Å². The second-order valence-electron chi connectivity index (χ2n) is 6.07. The van der Waals surface area contributed by atoms with Gasteiger partial charge in [0.25, 0.3) is 0 Å². The highest BCUT2D eigenvalue weighted by molar-refractivity contribution is 5.97. The molecule has 0 bridgehead atoms. The smallest absolute Gasteiger partial charge is 0.241 e. The maximum Gasteiger partial charge on any atom is 0.241 e. The van der Waals surface area contributed by atoms with Crippen LogP contribution in [0.25, 0.3) is 0 Å². The highest BCUT2D eigenvalue weighted by Gasteiger charge is 2.29. The fourth-order valence-electron chi connectivity index (χ4n) is 2.11. The molecule has 1 fully saturated rings. The van der Waals surface area contributed by atoms with Gasteiger partial charge in [-0.3, -0.25) is 9.59 Å². The normalized spacial score (nSPS) is 15.6. The second kappa shape index (κ2) is 6.72. The Balaban J connectivity index is 1.93. The van der Waals surface area contributed by atoms with Crippen LogP contribution >= 0.6 is 0 Å². The molecule has 114 valence electrons. The first kappa shape index (κ1) is 15.5. The molecule has 0 saturated heterocycles. The van der Waals surface area contributed by atoms with E-state index in [0.29, 0.717) is 23.7 Å². The number of nitrogens with one attached hydrogen (secondary N) is 2. The third kappa shape index (κ3) is 4.86. The number of hydrogen-bond donors (Lipinski definition) is 3. The summed E-state index contributed by atoms with van der Waals surface area (Å²) in [5.41, 5.74) is 7.19. The van der Waals surface area contributed by atoms with Crippen molar-refractivity contribution in [2.45, 2.75) is 39.2 Å². The second-order valence-corrected chi connectivity index (χ2v) is 6.07. The van der Waals surface area contributed by atoms with Crippen molar-refractivity contribution in [3.05, 3.63) is 24.3 Å². The molecule has 1 atom stereocenters. The van der Waals surface area contributed by atoms with Crippen LogP contribution in [0.15, 0.2) is 24.3 Å². The van der Waals surface area contributed by atoms with Gasteiger partial charge in [-0.1, -0.05) is 19.9 Å². The Bertz CT molecular complexity index is 524. The number of amides is 2. The third-order valence-corrected chi connectivity index (χ3v) is 3.41. The maximum absolute atomic E-state index is 12.0. The fourth-order valence-corrected chi connectivity index (χ4v) is 2.11. The van der Waals surface area contributed by atoms with Crippen molar-refractivity contribution in [2.24, 2.45) is 17.6 Å². The molecule has 2 rings (SSSR count). The zero-order valence-corrected chi connectivity index (χ0v) is 12.6. The molecule has 21 heavy (non-hydrogen) atoms. The molecule has 0 spiro atoms. The standard InChI is InChI=1S/C16H23N3O2/c1-10(2)8-14(17)16(21)19-13-5-3-4-12(9-13)18-15(20)11-6-7-11/h3-5,9-11,14H,6-8,17H2,1-2H3,(H,18,20)(H,19,21)/t14-/m0/s1. The average Bonchev–Trinajstić information content (AvgIpc) is 3.22. The number of nitrogens with two attached hydrogens (primary N) is 1. The number of carbonyl (C=O) groups excluding carboxylic acids is 2. The van der Waals surface area contributed by atoms with Crippen LogP contribution in [-0.4, -0.2) is 17.9 Å². The average molecular weight is 289 g/mol. The quantitative estimate of drug-likeness (QED) is 0.751. The molecule has 0 aliphatic heterocycles. The zero-order valence-electron chi connectivity index (χ0n) is 12.6. The molecule has 2 amide bonds. The van der Waals surface area contributed by atoms with E-state index < -0.39 is 6.04 Å². The first-order valence-electron chi connectivity index (χ1n) is 7.43. The minimum absolute atomic E-state index is 0.0509. The highest BCUT2D eigenvalue weighted by atomic mass is 16.2. The molecule has 4 N–H and O–H groups in total. The molecular formula is C16H23N3O2. The summed E-state index contributed by atoms with van der Waals surface area (Å²) < 4.78 is 0. The van der Waals surface area contributed by atoms with Gasteiger partial charge in [0.1, 0.15) is 0 Å². The van der Waals surface area contributed by atoms with E-state index in [1.807, 2.05) is 19.9 Å². The topological polar surface area (TPSA) is 84.2 Å². The Morgan fingerprint density at radius 2 is 1.86 bits per heavy atom. The molecule has 5 nitrogen and oxygen atoms in total. The molecule has 0 aromatic heterocycles. The predicted octanol–water partition coefficient (Wildman–Crippen LogP) is 2.35. The van der Waals surface area contributed by atoms with Crippen LogP contribution in [0.1, 0.15) is 33.1 Å². The Kier molecular flexibility index (Phi) is 4.96. The number of anilines is 2. The minimum atomic E-state index is -0.519. The lowest BCUT2D eigenvalue weighted by Crippen LogP contribution is -2.36. The van der Waals surface area contributed by atoms with Crippen LogP contribution in [0, 0.1) is 11.8 Å². The van der Waals surface area contributed by atoms with Gasteiger partial charge in [0.05, 0.1) is 6.04 Å². The van der Waals surface area contributed by atoms with E-state index >= 15 is 0 Å². The molecule has 5 heteroatoms. The molecule has 1 aliphatic carbocycles. The van der Waals surface area contributed by atoms with Crippen molar-refractivity contribution in [3.63, 3.8) is 0 Å². The van der Waals surface area contributed by atoms with Crippen molar-refractivity contribution in [2.75, 3.05) is 10.6 Å². The van der Waals surface area contributed by atoms with E-state index in [9.17, 15) is 9.59 Å². The molecule has 0 unspecified atom stereocenters. The van der Waals surface area contributed by atoms with E-state index in [1.54, 1.807) is 18.2 Å². The Hall–Kier alpha value is -1.88. The molecule has 0 radical (unpaired) electrons. The molecule has 1 saturated carbocycles. The Morgan fingerprint density at radius 3 is 2.43 bits per heavy atom. The number of rotatable bonds is 6. The van der Waals surface area contributed by atoms with Crippen LogP contribution in [0.3, 0.4) is 0 Å². The summed E-state index contributed by atoms with van der Waals surface area (Å²) in [5.74, 6) is 0.377. The monoisotopic (exact) mass is 289 g/mol. The van der Waals surface area contributed by atoms with E-state index in [-0.39, 0.29) is 17.7 Å². The lowest BCUT2D eigenvalue weighted by Gasteiger charge is -2.14. The first-order valence-corrected chi connectivity index (χ1v) is 7.43. The van der Waals surface area contributed by atoms with Gasteiger partial charge in [0.2, 0.25) is 11.8 Å². The summed E-state index contributed by atoms with van der Waals surface area (Å²) in [5, 5.41) is 5.65. The maximum atomic E-state index is 12.0. The molecule has 0 heterocycles. The first-order chi connectivity index (χ1) is 9.95. The Morgan fingerprint density at radius 1 is 1.24 bits per heavy atom. The molecule has 1 aromatic carbocycles. The zero-order chi connectivity index (χ0) is 15.4. The van der Waals surface area contributed by atoms with E-state index in [0.717, 1.165) is 12.8 Å². The molecular weight excluding hydrogens is 266 g/mol. The van der Waals surface area contributed by atoms with Gasteiger partial charge in [-0.2, -0.15) is 0 Å². The van der Waals surface area contributed by atoms with Gasteiger partial charge in [-0.15, -0.1) is 0 Å². The summed E-state index contributed by atoms with van der Waals surface area (Å²) >= 11 is 0. The van der Waals surface area contributed by atoms with E-state index in [1.165, 1.54) is 0 Å². The van der Waals surface area contributed by atoms with Gasteiger partial charge < -0.3 is 16.4 Å². The van der Waals surface area contributed by atoms with Crippen molar-refractivity contribution >= 4 is 23.2 Å². The lowest BCUT2D eigenvalue weighted by atomic mass is 10.0. The van der Waals surface area contributed by atoms with Gasteiger partial charge in [-0.05, 0) is 43.4 Å². The van der Waals surface area contributed by atoms with E-state index in [2.05, 4.69) is 10.6 Å². The van der Waals surface area contributed by atoms with Crippen LogP contribution in [0.2, 0.25) is 0 Å².